The predicted octanol–water partition coefficient (Wildman–Crippen LogP) is 1.75. The molecule has 0 amide bonds. The third-order valence-corrected chi connectivity index (χ3v) is 4.76. The molecule has 0 aliphatic carbocycles. The summed E-state index contributed by atoms with van der Waals surface area (Å²) >= 11 is 4.96. The lowest BCUT2D eigenvalue weighted by Crippen LogP contribution is -2.46. The molecule has 8 heteroatoms. The quantitative estimate of drug-likeness (QED) is 0.896. The SMILES string of the molecule is OCC1COCCN1Cc1nnc(-c2ccc(Br)s2)o1. The molecule has 6 nitrogen and oxygen atoms in total. The largest absolute Gasteiger partial charge is 0.419 e. The minimum Gasteiger partial charge on any atom is -0.419 e. The smallest absolute Gasteiger partial charge is 0.257 e. The minimum atomic E-state index is -0.00465. The van der Waals surface area contributed by atoms with Crippen LogP contribution in [0.4, 0.5) is 0 Å². The zero-order valence-electron chi connectivity index (χ0n) is 10.7. The zero-order chi connectivity index (χ0) is 13.9. The number of thiophene rings is 1. The molecular weight excluding hydrogens is 346 g/mol. The fraction of sp³-hybridized carbons (Fsp3) is 0.500. The van der Waals surface area contributed by atoms with Gasteiger partial charge in [-0.05, 0) is 28.1 Å². The van der Waals surface area contributed by atoms with Gasteiger partial charge in [-0.2, -0.15) is 0 Å². The molecule has 3 heterocycles. The number of rotatable bonds is 4. The number of aromatic nitrogens is 2. The Morgan fingerprint density at radius 2 is 2.35 bits per heavy atom. The van der Waals surface area contributed by atoms with Crippen molar-refractivity contribution in [3.05, 3.63) is 21.8 Å². The lowest BCUT2D eigenvalue weighted by Gasteiger charge is -2.33. The van der Waals surface area contributed by atoms with Crippen molar-refractivity contribution in [1.29, 1.82) is 0 Å². The van der Waals surface area contributed by atoms with Crippen LogP contribution >= 0.6 is 27.3 Å². The number of morpholine rings is 1. The summed E-state index contributed by atoms with van der Waals surface area (Å²) in [6.07, 6.45) is 0. The van der Waals surface area contributed by atoms with E-state index in [-0.39, 0.29) is 12.6 Å². The molecule has 20 heavy (non-hydrogen) atoms. The van der Waals surface area contributed by atoms with Gasteiger partial charge in [0.1, 0.15) is 0 Å². The molecule has 1 atom stereocenters. The highest BCUT2D eigenvalue weighted by Crippen LogP contribution is 2.30. The second-order valence-corrected chi connectivity index (χ2v) is 6.95. The normalized spacial score (nSPS) is 20.4. The van der Waals surface area contributed by atoms with Gasteiger partial charge < -0.3 is 14.3 Å². The van der Waals surface area contributed by atoms with Crippen molar-refractivity contribution in [3.63, 3.8) is 0 Å². The first kappa shape index (κ1) is 14.2. The Balaban J connectivity index is 1.70. The Kier molecular flexibility index (Phi) is 4.47. The van der Waals surface area contributed by atoms with Gasteiger partial charge in [-0.25, -0.2) is 0 Å². The Hall–Kier alpha value is -0.800. The molecule has 108 valence electrons. The fourth-order valence-corrected chi connectivity index (χ4v) is 3.39. The van der Waals surface area contributed by atoms with Crippen LogP contribution < -0.4 is 0 Å². The van der Waals surface area contributed by atoms with Gasteiger partial charge in [0.15, 0.2) is 0 Å². The van der Waals surface area contributed by atoms with Crippen LogP contribution in [0.1, 0.15) is 5.89 Å². The molecule has 1 fully saturated rings. The van der Waals surface area contributed by atoms with Crippen LogP contribution in [0.15, 0.2) is 20.3 Å². The van der Waals surface area contributed by atoms with E-state index in [1.807, 2.05) is 12.1 Å². The van der Waals surface area contributed by atoms with Gasteiger partial charge in [0, 0.05) is 6.54 Å². The summed E-state index contributed by atoms with van der Waals surface area (Å²) in [6.45, 7) is 2.56. The fourth-order valence-electron chi connectivity index (χ4n) is 2.09. The molecule has 0 saturated carbocycles. The number of ether oxygens (including phenoxy) is 1. The van der Waals surface area contributed by atoms with Crippen molar-refractivity contribution in [3.8, 4) is 10.8 Å². The summed E-state index contributed by atoms with van der Waals surface area (Å²) in [7, 11) is 0. The number of hydrogen-bond acceptors (Lipinski definition) is 7. The van der Waals surface area contributed by atoms with E-state index >= 15 is 0 Å². The summed E-state index contributed by atoms with van der Waals surface area (Å²) in [5, 5.41) is 17.5. The highest BCUT2D eigenvalue weighted by molar-refractivity contribution is 9.11. The van der Waals surface area contributed by atoms with E-state index < -0.39 is 0 Å². The van der Waals surface area contributed by atoms with Crippen molar-refractivity contribution in [2.24, 2.45) is 0 Å². The van der Waals surface area contributed by atoms with Crippen molar-refractivity contribution in [2.45, 2.75) is 12.6 Å². The second kappa shape index (κ2) is 6.31. The Morgan fingerprint density at radius 1 is 1.45 bits per heavy atom. The Labute approximate surface area is 128 Å². The molecule has 2 aromatic rings. The molecule has 2 aromatic heterocycles. The summed E-state index contributed by atoms with van der Waals surface area (Å²) in [6, 6.07) is 3.89. The van der Waals surface area contributed by atoms with E-state index in [2.05, 4.69) is 31.0 Å². The topological polar surface area (TPSA) is 71.6 Å². The molecule has 1 saturated heterocycles. The van der Waals surface area contributed by atoms with Crippen molar-refractivity contribution in [2.75, 3.05) is 26.4 Å². The van der Waals surface area contributed by atoms with Crippen LogP contribution in [0.2, 0.25) is 0 Å². The highest BCUT2D eigenvalue weighted by atomic mass is 79.9. The van der Waals surface area contributed by atoms with Crippen LogP contribution in [0, 0.1) is 0 Å². The van der Waals surface area contributed by atoms with Crippen molar-refractivity contribution < 1.29 is 14.3 Å². The molecular formula is C12H14BrN3O3S. The first-order valence-electron chi connectivity index (χ1n) is 6.27. The number of halogens is 1. The van der Waals surface area contributed by atoms with Crippen molar-refractivity contribution in [1.82, 2.24) is 15.1 Å². The first-order valence-corrected chi connectivity index (χ1v) is 7.88. The van der Waals surface area contributed by atoms with Gasteiger partial charge in [-0.1, -0.05) is 0 Å². The number of aliphatic hydroxyl groups excluding tert-OH is 1. The highest BCUT2D eigenvalue weighted by Gasteiger charge is 2.24. The van der Waals surface area contributed by atoms with Gasteiger partial charge in [-0.3, -0.25) is 4.90 Å². The van der Waals surface area contributed by atoms with Gasteiger partial charge in [-0.15, -0.1) is 21.5 Å². The molecule has 0 aromatic carbocycles. The number of nitrogens with zero attached hydrogens (tertiary/aromatic N) is 3. The lowest BCUT2D eigenvalue weighted by molar-refractivity contribution is -0.0342. The van der Waals surface area contributed by atoms with Gasteiger partial charge in [0.25, 0.3) is 5.89 Å². The van der Waals surface area contributed by atoms with E-state index in [0.717, 1.165) is 15.2 Å². The van der Waals surface area contributed by atoms with Crippen molar-refractivity contribution >= 4 is 27.3 Å². The van der Waals surface area contributed by atoms with E-state index in [0.29, 0.717) is 31.5 Å². The van der Waals surface area contributed by atoms with E-state index in [1.54, 1.807) is 11.3 Å². The van der Waals surface area contributed by atoms with E-state index in [1.165, 1.54) is 0 Å². The van der Waals surface area contributed by atoms with Crippen LogP contribution in [0.5, 0.6) is 0 Å². The maximum atomic E-state index is 9.33. The Bertz CT molecular complexity index is 574. The van der Waals surface area contributed by atoms with Gasteiger partial charge in [0.05, 0.1) is 41.1 Å². The van der Waals surface area contributed by atoms with Crippen LogP contribution in [-0.2, 0) is 11.3 Å². The zero-order valence-corrected chi connectivity index (χ0v) is 13.1. The van der Waals surface area contributed by atoms with Gasteiger partial charge >= 0.3 is 0 Å². The molecule has 3 rings (SSSR count). The maximum Gasteiger partial charge on any atom is 0.257 e. The summed E-state index contributed by atoms with van der Waals surface area (Å²) in [5.41, 5.74) is 0. The molecule has 1 N–H and O–H groups in total. The Morgan fingerprint density at radius 3 is 3.10 bits per heavy atom. The molecule has 1 aliphatic rings. The average molecular weight is 360 g/mol. The summed E-state index contributed by atoms with van der Waals surface area (Å²) < 4.78 is 12.1. The monoisotopic (exact) mass is 359 g/mol. The van der Waals surface area contributed by atoms with Crippen LogP contribution in [0.3, 0.4) is 0 Å². The molecule has 1 unspecified atom stereocenters. The first-order chi connectivity index (χ1) is 9.76. The summed E-state index contributed by atoms with van der Waals surface area (Å²) in [5.74, 6) is 1.09. The standard InChI is InChI=1S/C12H14BrN3O3S/c13-10-2-1-9(20-10)12-15-14-11(19-12)5-16-3-4-18-7-8(16)6-17/h1-2,8,17H,3-7H2. The predicted molar refractivity (Wildman–Crippen MR) is 77.4 cm³/mol. The molecule has 1 aliphatic heterocycles. The van der Waals surface area contributed by atoms with E-state index in [4.69, 9.17) is 9.15 Å². The lowest BCUT2D eigenvalue weighted by atomic mass is 10.2. The third kappa shape index (κ3) is 3.09. The molecule has 0 radical (unpaired) electrons. The van der Waals surface area contributed by atoms with Crippen LogP contribution in [-0.4, -0.2) is 52.6 Å². The average Bonchev–Trinajstić information content (AvgIpc) is 3.08. The van der Waals surface area contributed by atoms with Gasteiger partial charge in [0.2, 0.25) is 5.89 Å². The number of aliphatic hydroxyl groups is 1. The van der Waals surface area contributed by atoms with Crippen LogP contribution in [0.25, 0.3) is 10.8 Å². The maximum absolute atomic E-state index is 9.33. The summed E-state index contributed by atoms with van der Waals surface area (Å²) in [4.78, 5) is 3.04. The van der Waals surface area contributed by atoms with E-state index in [9.17, 15) is 5.11 Å². The number of hydrogen-bond donors (Lipinski definition) is 1. The molecule has 0 spiro atoms. The second-order valence-electron chi connectivity index (χ2n) is 4.49. The minimum absolute atomic E-state index is 0.00465. The third-order valence-electron chi connectivity index (χ3n) is 3.15. The molecule has 0 bridgehead atoms.